The Morgan fingerprint density at radius 1 is 1.20 bits per heavy atom. The maximum atomic E-state index is 13.9. The molecule has 0 radical (unpaired) electrons. The first-order valence-electron chi connectivity index (χ1n) is 13.6. The number of ether oxygens (including phenoxy) is 1. The van der Waals surface area contributed by atoms with E-state index in [-0.39, 0.29) is 18.1 Å². The van der Waals surface area contributed by atoms with Crippen molar-refractivity contribution in [3.8, 4) is 11.3 Å². The average Bonchev–Trinajstić information content (AvgIpc) is 3.67. The lowest BCUT2D eigenvalue weighted by molar-refractivity contribution is 0.0584. The molecular weight excluding hydrogens is 524 g/mol. The lowest BCUT2D eigenvalue weighted by Gasteiger charge is -2.33. The molecule has 41 heavy (non-hydrogen) atoms. The maximum Gasteiger partial charge on any atom is 0.414 e. The molecule has 1 fully saturated rings. The molecule has 0 aromatic carbocycles. The molecule has 11 heteroatoms. The summed E-state index contributed by atoms with van der Waals surface area (Å²) < 4.78 is 7.41. The largest absolute Gasteiger partial charge is 0.465 e. The van der Waals surface area contributed by atoms with Gasteiger partial charge in [-0.2, -0.15) is 0 Å². The highest BCUT2D eigenvalue weighted by atomic mass is 16.5. The van der Waals surface area contributed by atoms with Gasteiger partial charge < -0.3 is 24.8 Å². The molecule has 0 bridgehead atoms. The van der Waals surface area contributed by atoms with Crippen LogP contribution < -0.4 is 5.32 Å². The van der Waals surface area contributed by atoms with Gasteiger partial charge in [-0.25, -0.2) is 19.7 Å². The average molecular weight is 557 g/mol. The molecule has 6 rings (SSSR count). The molecule has 2 unspecified atom stereocenters. The molecule has 212 valence electrons. The lowest BCUT2D eigenvalue weighted by atomic mass is 9.80. The normalized spacial score (nSPS) is 18.8. The first kappa shape index (κ1) is 26.9. The number of aromatic nitrogens is 4. The van der Waals surface area contributed by atoms with Crippen LogP contribution in [0.3, 0.4) is 0 Å². The van der Waals surface area contributed by atoms with Crippen molar-refractivity contribution in [2.24, 2.45) is 12.5 Å². The van der Waals surface area contributed by atoms with Crippen molar-refractivity contribution in [1.29, 1.82) is 0 Å². The van der Waals surface area contributed by atoms with Gasteiger partial charge in [0.1, 0.15) is 11.5 Å². The van der Waals surface area contributed by atoms with E-state index in [2.05, 4.69) is 15.3 Å². The zero-order valence-corrected chi connectivity index (χ0v) is 23.4. The van der Waals surface area contributed by atoms with Crippen LogP contribution >= 0.6 is 0 Å². The number of carbonyl (C=O) groups is 2. The summed E-state index contributed by atoms with van der Waals surface area (Å²) in [7, 11) is 1.90. The third-order valence-electron chi connectivity index (χ3n) is 7.92. The number of nitrogens with zero attached hydrogens (tertiary/aromatic N) is 5. The second kappa shape index (κ2) is 9.93. The van der Waals surface area contributed by atoms with Crippen molar-refractivity contribution in [3.63, 3.8) is 0 Å². The minimum atomic E-state index is -1.33. The van der Waals surface area contributed by atoms with Crippen LogP contribution in [0.5, 0.6) is 0 Å². The molecule has 4 aromatic rings. The lowest BCUT2D eigenvalue weighted by Crippen LogP contribution is -2.39. The van der Waals surface area contributed by atoms with E-state index in [4.69, 9.17) is 9.72 Å². The molecule has 1 saturated heterocycles. The molecule has 11 nitrogen and oxygen atoms in total. The van der Waals surface area contributed by atoms with Crippen molar-refractivity contribution in [2.75, 3.05) is 18.5 Å². The molecule has 0 aliphatic carbocycles. The standard InChI is InChI=1S/C30H32N6O5/c1-30(2,3)26-24-23(28(38)36(26)29(39)40)20(13-32-25(24)18-7-10-31-27-19(18)8-11-35(27)4)33-22-6-5-17(21(14-37)34-22)16-9-12-41-15-16/h5-8,10-11,13,16,26,37H,9,12,14-15H2,1-4H3,(H,33,34)(H,39,40). The zero-order chi connectivity index (χ0) is 29.1. The van der Waals surface area contributed by atoms with E-state index in [1.54, 1.807) is 18.5 Å². The highest BCUT2D eigenvalue weighted by molar-refractivity contribution is 6.12. The number of carboxylic acid groups (broad SMARTS) is 1. The van der Waals surface area contributed by atoms with E-state index in [9.17, 15) is 19.8 Å². The minimum Gasteiger partial charge on any atom is -0.465 e. The topological polar surface area (TPSA) is 143 Å². The number of aryl methyl sites for hydroxylation is 1. The van der Waals surface area contributed by atoms with Crippen LogP contribution in [-0.4, -0.2) is 59.8 Å². The van der Waals surface area contributed by atoms with E-state index in [0.717, 1.165) is 33.5 Å². The van der Waals surface area contributed by atoms with Crippen molar-refractivity contribution in [1.82, 2.24) is 24.4 Å². The van der Waals surface area contributed by atoms with E-state index in [1.165, 1.54) is 0 Å². The number of imide groups is 1. The number of aliphatic hydroxyl groups is 1. The van der Waals surface area contributed by atoms with Crippen molar-refractivity contribution >= 4 is 34.5 Å². The first-order chi connectivity index (χ1) is 19.6. The monoisotopic (exact) mass is 556 g/mol. The summed E-state index contributed by atoms with van der Waals surface area (Å²) in [5.74, 6) is -0.0481. The van der Waals surface area contributed by atoms with Crippen LogP contribution in [-0.2, 0) is 18.4 Å². The highest BCUT2D eigenvalue weighted by Gasteiger charge is 2.49. The smallest absolute Gasteiger partial charge is 0.414 e. The van der Waals surface area contributed by atoms with Crippen molar-refractivity contribution in [3.05, 3.63) is 65.2 Å². The minimum absolute atomic E-state index is 0.164. The van der Waals surface area contributed by atoms with Crippen LogP contribution in [0.1, 0.15) is 66.3 Å². The Kier molecular flexibility index (Phi) is 6.50. The van der Waals surface area contributed by atoms with E-state index in [0.29, 0.717) is 41.7 Å². The molecule has 0 spiro atoms. The predicted octanol–water partition coefficient (Wildman–Crippen LogP) is 4.99. The van der Waals surface area contributed by atoms with Gasteiger partial charge in [0.15, 0.2) is 0 Å². The van der Waals surface area contributed by atoms with Gasteiger partial charge in [-0.1, -0.05) is 26.8 Å². The number of hydrogen-bond donors (Lipinski definition) is 3. The SMILES string of the molecule is Cn1ccc2c(-c3ncc(Nc4ccc(C5CCOC5)c(CO)n4)c4c3C(C(C)(C)C)N(C(=O)O)C4=O)ccnc21. The summed E-state index contributed by atoms with van der Waals surface area (Å²) in [4.78, 5) is 41.3. The number of fused-ring (bicyclic) bond motifs is 2. The van der Waals surface area contributed by atoms with Gasteiger partial charge in [0.25, 0.3) is 5.91 Å². The molecule has 2 aliphatic heterocycles. The number of anilines is 2. The molecule has 3 N–H and O–H groups in total. The van der Waals surface area contributed by atoms with E-state index < -0.39 is 23.5 Å². The Hall–Kier alpha value is -4.35. The van der Waals surface area contributed by atoms with Gasteiger partial charge in [0.05, 0.1) is 48.1 Å². The third-order valence-corrected chi connectivity index (χ3v) is 7.92. The van der Waals surface area contributed by atoms with Crippen molar-refractivity contribution < 1.29 is 24.5 Å². The molecule has 0 saturated carbocycles. The predicted molar refractivity (Wildman–Crippen MR) is 152 cm³/mol. The van der Waals surface area contributed by atoms with Gasteiger partial charge in [-0.15, -0.1) is 0 Å². The summed E-state index contributed by atoms with van der Waals surface area (Å²) in [6, 6.07) is 6.69. The number of hydrogen-bond acceptors (Lipinski definition) is 8. The number of nitrogens with one attached hydrogen (secondary N) is 1. The fraction of sp³-hybridized carbons (Fsp3) is 0.367. The second-order valence-corrected chi connectivity index (χ2v) is 11.6. The molecule has 6 heterocycles. The summed E-state index contributed by atoms with van der Waals surface area (Å²) in [6.45, 7) is 6.73. The highest BCUT2D eigenvalue weighted by Crippen LogP contribution is 2.51. The Morgan fingerprint density at radius 3 is 2.68 bits per heavy atom. The van der Waals surface area contributed by atoms with Crippen LogP contribution in [0.2, 0.25) is 0 Å². The Bertz CT molecular complexity index is 1680. The molecular formula is C30H32N6O5. The number of carbonyl (C=O) groups excluding carboxylic acids is 1. The van der Waals surface area contributed by atoms with Crippen LogP contribution in [0.25, 0.3) is 22.3 Å². The second-order valence-electron chi connectivity index (χ2n) is 11.6. The fourth-order valence-corrected chi connectivity index (χ4v) is 6.09. The molecule has 2 aliphatic rings. The van der Waals surface area contributed by atoms with Gasteiger partial charge in [0.2, 0.25) is 0 Å². The number of amides is 2. The summed E-state index contributed by atoms with van der Waals surface area (Å²) >= 11 is 0. The third kappa shape index (κ3) is 4.41. The van der Waals surface area contributed by atoms with Gasteiger partial charge in [0, 0.05) is 48.5 Å². The van der Waals surface area contributed by atoms with E-state index in [1.807, 2.05) is 56.8 Å². The Balaban J connectivity index is 1.53. The van der Waals surface area contributed by atoms with Gasteiger partial charge in [-0.3, -0.25) is 9.78 Å². The van der Waals surface area contributed by atoms with E-state index >= 15 is 0 Å². The Morgan fingerprint density at radius 2 is 2.00 bits per heavy atom. The van der Waals surface area contributed by atoms with Crippen LogP contribution in [0.4, 0.5) is 16.3 Å². The van der Waals surface area contributed by atoms with Gasteiger partial charge >= 0.3 is 6.09 Å². The van der Waals surface area contributed by atoms with Crippen molar-refractivity contribution in [2.45, 2.75) is 45.8 Å². The molecule has 4 aromatic heterocycles. The zero-order valence-electron chi connectivity index (χ0n) is 23.4. The number of pyridine rings is 3. The summed E-state index contributed by atoms with van der Waals surface area (Å²) in [5, 5.41) is 24.3. The summed E-state index contributed by atoms with van der Waals surface area (Å²) in [6.07, 6.45) is 4.67. The molecule has 2 atom stereocenters. The van der Waals surface area contributed by atoms with Crippen LogP contribution in [0, 0.1) is 5.41 Å². The first-order valence-corrected chi connectivity index (χ1v) is 13.6. The quantitative estimate of drug-likeness (QED) is 0.310. The maximum absolute atomic E-state index is 13.9. The Labute approximate surface area is 236 Å². The summed E-state index contributed by atoms with van der Waals surface area (Å²) in [5.41, 5.74) is 3.98. The van der Waals surface area contributed by atoms with Gasteiger partial charge in [-0.05, 0) is 35.6 Å². The number of rotatable bonds is 5. The fourth-order valence-electron chi connectivity index (χ4n) is 6.09. The molecule has 2 amide bonds. The number of aliphatic hydroxyl groups excluding tert-OH is 1. The van der Waals surface area contributed by atoms with Crippen LogP contribution in [0.15, 0.2) is 42.9 Å².